The molecule has 2 rings (SSSR count). The molecule has 0 aliphatic carbocycles. The smallest absolute Gasteiger partial charge is 0.282 e. The maximum Gasteiger partial charge on any atom is 0.282 e. The van der Waals surface area contributed by atoms with E-state index >= 15 is 0 Å². The number of benzene rings is 1. The van der Waals surface area contributed by atoms with Gasteiger partial charge in [-0.1, -0.05) is 12.1 Å². The summed E-state index contributed by atoms with van der Waals surface area (Å²) in [6, 6.07) is 6.86. The SMILES string of the molecule is Cn1ncc(NCc2ccc(O)cc2)c(Br)c1=O. The molecule has 2 aromatic rings. The Balaban J connectivity index is 2.13. The lowest BCUT2D eigenvalue weighted by molar-refractivity contribution is 0.475. The lowest BCUT2D eigenvalue weighted by Gasteiger charge is -2.08. The highest BCUT2D eigenvalue weighted by molar-refractivity contribution is 9.10. The molecule has 0 fully saturated rings. The Hall–Kier alpha value is -1.82. The zero-order valence-corrected chi connectivity index (χ0v) is 11.3. The highest BCUT2D eigenvalue weighted by atomic mass is 79.9. The van der Waals surface area contributed by atoms with Crippen molar-refractivity contribution in [2.75, 3.05) is 5.32 Å². The molecule has 0 amide bonds. The monoisotopic (exact) mass is 309 g/mol. The van der Waals surface area contributed by atoms with E-state index in [2.05, 4.69) is 26.3 Å². The molecule has 0 saturated heterocycles. The molecule has 5 nitrogen and oxygen atoms in total. The fourth-order valence-corrected chi connectivity index (χ4v) is 1.94. The van der Waals surface area contributed by atoms with Gasteiger partial charge in [0.2, 0.25) is 0 Å². The van der Waals surface area contributed by atoms with Crippen molar-refractivity contribution in [1.29, 1.82) is 0 Å². The van der Waals surface area contributed by atoms with Crippen LogP contribution in [0.4, 0.5) is 5.69 Å². The molecule has 94 valence electrons. The van der Waals surface area contributed by atoms with Gasteiger partial charge in [-0.2, -0.15) is 5.10 Å². The van der Waals surface area contributed by atoms with E-state index in [1.807, 2.05) is 12.1 Å². The van der Waals surface area contributed by atoms with Gasteiger partial charge in [0, 0.05) is 13.6 Å². The molecule has 1 heterocycles. The van der Waals surface area contributed by atoms with E-state index in [9.17, 15) is 9.90 Å². The summed E-state index contributed by atoms with van der Waals surface area (Å²) in [6.07, 6.45) is 1.59. The largest absolute Gasteiger partial charge is 0.508 e. The molecule has 1 aromatic heterocycles. The molecule has 1 aromatic carbocycles. The first kappa shape index (κ1) is 12.6. The lowest BCUT2D eigenvalue weighted by Crippen LogP contribution is -2.21. The van der Waals surface area contributed by atoms with E-state index in [-0.39, 0.29) is 11.3 Å². The van der Waals surface area contributed by atoms with Crippen LogP contribution in [0, 0.1) is 0 Å². The number of rotatable bonds is 3. The summed E-state index contributed by atoms with van der Waals surface area (Å²) >= 11 is 3.24. The van der Waals surface area contributed by atoms with Gasteiger partial charge in [0.05, 0.1) is 11.9 Å². The second kappa shape index (κ2) is 5.22. The molecule has 0 spiro atoms. The fraction of sp³-hybridized carbons (Fsp3) is 0.167. The molecule has 2 N–H and O–H groups in total. The van der Waals surface area contributed by atoms with Crippen molar-refractivity contribution in [1.82, 2.24) is 9.78 Å². The van der Waals surface area contributed by atoms with Crippen molar-refractivity contribution >= 4 is 21.6 Å². The number of hydrogen-bond donors (Lipinski definition) is 2. The van der Waals surface area contributed by atoms with Crippen molar-refractivity contribution in [2.45, 2.75) is 6.54 Å². The number of aryl methyl sites for hydroxylation is 1. The number of hydrogen-bond acceptors (Lipinski definition) is 4. The summed E-state index contributed by atoms with van der Waals surface area (Å²) in [5.74, 6) is 0.232. The number of aromatic hydroxyl groups is 1. The van der Waals surface area contributed by atoms with Gasteiger partial charge in [-0.25, -0.2) is 4.68 Å². The van der Waals surface area contributed by atoms with Crippen molar-refractivity contribution in [3.8, 4) is 5.75 Å². The van der Waals surface area contributed by atoms with Gasteiger partial charge < -0.3 is 10.4 Å². The van der Waals surface area contributed by atoms with Crippen LogP contribution in [0.15, 0.2) is 39.7 Å². The molecule has 6 heteroatoms. The number of phenols is 1. The Labute approximate surface area is 112 Å². The van der Waals surface area contributed by atoms with Gasteiger partial charge in [-0.05, 0) is 33.6 Å². The Morgan fingerprint density at radius 1 is 1.39 bits per heavy atom. The normalized spacial score (nSPS) is 10.3. The second-order valence-corrected chi connectivity index (χ2v) is 4.61. The molecule has 0 aliphatic rings. The minimum absolute atomic E-state index is 0.189. The average molecular weight is 310 g/mol. The highest BCUT2D eigenvalue weighted by Crippen LogP contribution is 2.17. The van der Waals surface area contributed by atoms with E-state index in [4.69, 9.17) is 0 Å². The van der Waals surface area contributed by atoms with Crippen molar-refractivity contribution in [3.63, 3.8) is 0 Å². The molecule has 0 saturated carbocycles. The Morgan fingerprint density at radius 3 is 2.72 bits per heavy atom. The Bertz CT molecular complexity index is 608. The fourth-order valence-electron chi connectivity index (χ4n) is 1.45. The number of aromatic nitrogens is 2. The van der Waals surface area contributed by atoms with Crippen LogP contribution < -0.4 is 10.9 Å². The highest BCUT2D eigenvalue weighted by Gasteiger charge is 2.06. The topological polar surface area (TPSA) is 67.2 Å². The van der Waals surface area contributed by atoms with Crippen molar-refractivity contribution < 1.29 is 5.11 Å². The van der Waals surface area contributed by atoms with E-state index in [0.29, 0.717) is 16.7 Å². The number of nitrogens with zero attached hydrogens (tertiary/aromatic N) is 2. The predicted molar refractivity (Wildman–Crippen MR) is 72.6 cm³/mol. The first-order valence-corrected chi connectivity index (χ1v) is 6.11. The van der Waals surface area contributed by atoms with Crippen LogP contribution in [-0.2, 0) is 13.6 Å². The maximum atomic E-state index is 11.6. The van der Waals surface area contributed by atoms with Gasteiger partial charge in [0.15, 0.2) is 0 Å². The Morgan fingerprint density at radius 2 is 2.06 bits per heavy atom. The molecular formula is C12H12BrN3O2. The van der Waals surface area contributed by atoms with Crippen molar-refractivity contribution in [3.05, 3.63) is 50.9 Å². The van der Waals surface area contributed by atoms with Crippen LogP contribution in [0.3, 0.4) is 0 Å². The minimum Gasteiger partial charge on any atom is -0.508 e. The summed E-state index contributed by atoms with van der Waals surface area (Å²) in [4.78, 5) is 11.6. The minimum atomic E-state index is -0.189. The summed E-state index contributed by atoms with van der Waals surface area (Å²) < 4.78 is 1.72. The third-order valence-corrected chi connectivity index (χ3v) is 3.26. The summed E-state index contributed by atoms with van der Waals surface area (Å²) in [7, 11) is 1.59. The van der Waals surface area contributed by atoms with E-state index in [1.165, 1.54) is 4.68 Å². The first-order chi connectivity index (χ1) is 8.58. The van der Waals surface area contributed by atoms with E-state index in [0.717, 1.165) is 5.56 Å². The molecule has 0 radical (unpaired) electrons. The zero-order valence-electron chi connectivity index (χ0n) is 9.72. The maximum absolute atomic E-state index is 11.6. The van der Waals surface area contributed by atoms with E-state index in [1.54, 1.807) is 25.4 Å². The van der Waals surface area contributed by atoms with Crippen molar-refractivity contribution in [2.24, 2.45) is 7.05 Å². The van der Waals surface area contributed by atoms with Crippen LogP contribution in [-0.4, -0.2) is 14.9 Å². The lowest BCUT2D eigenvalue weighted by atomic mass is 10.2. The van der Waals surface area contributed by atoms with Gasteiger partial charge in [-0.15, -0.1) is 0 Å². The number of halogens is 1. The van der Waals surface area contributed by atoms with Crippen LogP contribution >= 0.6 is 15.9 Å². The predicted octanol–water partition coefficient (Wildman–Crippen LogP) is 1.86. The zero-order chi connectivity index (χ0) is 13.1. The molecule has 0 atom stereocenters. The Kier molecular flexibility index (Phi) is 3.66. The summed E-state index contributed by atoms with van der Waals surface area (Å²) in [6.45, 7) is 0.549. The van der Waals surface area contributed by atoms with E-state index < -0.39 is 0 Å². The number of nitrogens with one attached hydrogen (secondary N) is 1. The average Bonchev–Trinajstić information content (AvgIpc) is 2.37. The summed E-state index contributed by atoms with van der Waals surface area (Å²) in [5, 5.41) is 16.2. The van der Waals surface area contributed by atoms with Crippen LogP contribution in [0.2, 0.25) is 0 Å². The standard InChI is InChI=1S/C12H12BrN3O2/c1-16-12(18)11(13)10(7-15-16)14-6-8-2-4-9(17)5-3-8/h2-5,7,14,17H,6H2,1H3. The number of anilines is 1. The van der Waals surface area contributed by atoms with Crippen LogP contribution in [0.25, 0.3) is 0 Å². The van der Waals surface area contributed by atoms with Gasteiger partial charge >= 0.3 is 0 Å². The quantitative estimate of drug-likeness (QED) is 0.908. The van der Waals surface area contributed by atoms with Gasteiger partial charge in [0.1, 0.15) is 10.2 Å². The van der Waals surface area contributed by atoms with Gasteiger partial charge in [-0.3, -0.25) is 4.79 Å². The molecule has 0 aliphatic heterocycles. The molecular weight excluding hydrogens is 298 g/mol. The third kappa shape index (κ3) is 2.70. The molecule has 0 unspecified atom stereocenters. The third-order valence-electron chi connectivity index (χ3n) is 2.50. The van der Waals surface area contributed by atoms with Crippen LogP contribution in [0.1, 0.15) is 5.56 Å². The summed E-state index contributed by atoms with van der Waals surface area (Å²) in [5.41, 5.74) is 1.46. The second-order valence-electron chi connectivity index (χ2n) is 3.82. The first-order valence-electron chi connectivity index (χ1n) is 5.31. The molecule has 18 heavy (non-hydrogen) atoms. The van der Waals surface area contributed by atoms with Gasteiger partial charge in [0.25, 0.3) is 5.56 Å². The molecule has 0 bridgehead atoms. The van der Waals surface area contributed by atoms with Crippen LogP contribution in [0.5, 0.6) is 5.75 Å². The number of phenolic OH excluding ortho intramolecular Hbond substituents is 1.